The van der Waals surface area contributed by atoms with Gasteiger partial charge in [-0.1, -0.05) is 17.7 Å². The third-order valence-corrected chi connectivity index (χ3v) is 6.02. The summed E-state index contributed by atoms with van der Waals surface area (Å²) in [4.78, 5) is 51.0. The van der Waals surface area contributed by atoms with Gasteiger partial charge < -0.3 is 15.0 Å². The van der Waals surface area contributed by atoms with Crippen molar-refractivity contribution in [2.75, 3.05) is 24.6 Å². The molecule has 1 aromatic carbocycles. The molecule has 1 N–H and O–H groups in total. The van der Waals surface area contributed by atoms with Gasteiger partial charge in [0.1, 0.15) is 0 Å². The van der Waals surface area contributed by atoms with Crippen LogP contribution in [0.1, 0.15) is 33.5 Å². The Balaban J connectivity index is 1.49. The van der Waals surface area contributed by atoms with E-state index < -0.39 is 11.9 Å². The van der Waals surface area contributed by atoms with Crippen molar-refractivity contribution in [3.8, 4) is 0 Å². The molecule has 0 saturated carbocycles. The lowest BCUT2D eigenvalue weighted by atomic mass is 10.1. The van der Waals surface area contributed by atoms with Gasteiger partial charge in [0.2, 0.25) is 17.6 Å². The summed E-state index contributed by atoms with van der Waals surface area (Å²) in [5.74, 6) is -1.62. The fourth-order valence-electron chi connectivity index (χ4n) is 3.19. The first-order valence-electron chi connectivity index (χ1n) is 9.73. The van der Waals surface area contributed by atoms with Crippen LogP contribution in [-0.4, -0.2) is 43.3 Å². The predicted molar refractivity (Wildman–Crippen MR) is 114 cm³/mol. The van der Waals surface area contributed by atoms with Crippen molar-refractivity contribution in [2.24, 2.45) is 5.92 Å². The molecular weight excluding hydrogens is 404 g/mol. The van der Waals surface area contributed by atoms with Gasteiger partial charge in [0, 0.05) is 37.0 Å². The van der Waals surface area contributed by atoms with Crippen molar-refractivity contribution >= 4 is 40.6 Å². The zero-order valence-corrected chi connectivity index (χ0v) is 17.8. The van der Waals surface area contributed by atoms with Gasteiger partial charge in [-0.3, -0.25) is 19.2 Å². The van der Waals surface area contributed by atoms with E-state index in [2.05, 4.69) is 5.32 Å². The normalized spacial score (nSPS) is 15.9. The minimum absolute atomic E-state index is 0.0766. The molecule has 1 aliphatic heterocycles. The molecule has 0 aliphatic carbocycles. The number of benzene rings is 1. The fourth-order valence-corrected chi connectivity index (χ4v) is 4.12. The zero-order chi connectivity index (χ0) is 21.7. The molecule has 1 atom stereocenters. The van der Waals surface area contributed by atoms with Crippen molar-refractivity contribution in [3.05, 3.63) is 51.7 Å². The van der Waals surface area contributed by atoms with E-state index >= 15 is 0 Å². The second-order valence-electron chi connectivity index (χ2n) is 7.27. The molecule has 158 valence electrons. The Kier molecular flexibility index (Phi) is 6.99. The Morgan fingerprint density at radius 2 is 1.90 bits per heavy atom. The number of rotatable bonds is 8. The average molecular weight is 429 g/mol. The first-order chi connectivity index (χ1) is 14.3. The van der Waals surface area contributed by atoms with Crippen molar-refractivity contribution in [1.29, 1.82) is 0 Å². The van der Waals surface area contributed by atoms with Crippen LogP contribution >= 0.6 is 11.3 Å². The second-order valence-corrected chi connectivity index (χ2v) is 8.44. The van der Waals surface area contributed by atoms with Crippen molar-refractivity contribution in [2.45, 2.75) is 26.7 Å². The molecule has 1 unspecified atom stereocenters. The maximum Gasteiger partial charge on any atom is 0.311 e. The van der Waals surface area contributed by atoms with Crippen LogP contribution in [0.25, 0.3) is 0 Å². The maximum atomic E-state index is 12.4. The maximum absolute atomic E-state index is 12.4. The number of hydrogen-bond acceptors (Lipinski definition) is 6. The van der Waals surface area contributed by atoms with Gasteiger partial charge in [0.15, 0.2) is 6.61 Å². The number of esters is 1. The minimum atomic E-state index is -0.580. The lowest BCUT2D eigenvalue weighted by Crippen LogP contribution is -2.27. The van der Waals surface area contributed by atoms with E-state index in [0.717, 1.165) is 16.1 Å². The zero-order valence-electron chi connectivity index (χ0n) is 17.0. The van der Waals surface area contributed by atoms with Crippen molar-refractivity contribution in [3.63, 3.8) is 0 Å². The molecule has 0 bridgehead atoms. The van der Waals surface area contributed by atoms with Gasteiger partial charge in [-0.05, 0) is 37.6 Å². The number of nitrogens with one attached hydrogen (secondary N) is 1. The summed E-state index contributed by atoms with van der Waals surface area (Å²) < 4.78 is 5.20. The van der Waals surface area contributed by atoms with E-state index in [0.29, 0.717) is 17.8 Å². The fraction of sp³-hybridized carbons (Fsp3) is 0.364. The number of ketones is 1. The van der Waals surface area contributed by atoms with Crippen molar-refractivity contribution < 1.29 is 23.9 Å². The van der Waals surface area contributed by atoms with E-state index in [9.17, 15) is 19.2 Å². The molecule has 1 fully saturated rings. The van der Waals surface area contributed by atoms with Crippen LogP contribution in [-0.2, 0) is 25.5 Å². The highest BCUT2D eigenvalue weighted by molar-refractivity contribution is 7.14. The molecule has 3 rings (SSSR count). The minimum Gasteiger partial charge on any atom is -0.457 e. The Hall–Kier alpha value is -3.00. The molecule has 1 aliphatic rings. The summed E-state index contributed by atoms with van der Waals surface area (Å²) in [7, 11) is 0. The number of amides is 2. The Morgan fingerprint density at radius 1 is 1.17 bits per heavy atom. The van der Waals surface area contributed by atoms with Gasteiger partial charge in [0.25, 0.3) is 0 Å². The quantitative estimate of drug-likeness (QED) is 0.515. The number of thiophene rings is 1. The van der Waals surface area contributed by atoms with Crippen LogP contribution in [0.15, 0.2) is 36.4 Å². The molecule has 2 heterocycles. The summed E-state index contributed by atoms with van der Waals surface area (Å²) in [6, 6.07) is 11.1. The first-order valence-corrected chi connectivity index (χ1v) is 10.5. The second kappa shape index (κ2) is 9.67. The summed E-state index contributed by atoms with van der Waals surface area (Å²) in [6.45, 7) is 3.83. The molecule has 7 nitrogen and oxygen atoms in total. The highest BCUT2D eigenvalue weighted by Crippen LogP contribution is 2.26. The third kappa shape index (κ3) is 5.54. The van der Waals surface area contributed by atoms with E-state index in [-0.39, 0.29) is 37.2 Å². The van der Waals surface area contributed by atoms with Crippen molar-refractivity contribution in [1.82, 2.24) is 5.32 Å². The Bertz CT molecular complexity index is 951. The summed E-state index contributed by atoms with van der Waals surface area (Å²) >= 11 is 1.32. The topological polar surface area (TPSA) is 92.8 Å². The molecule has 1 aromatic heterocycles. The van der Waals surface area contributed by atoms with Gasteiger partial charge >= 0.3 is 5.97 Å². The Morgan fingerprint density at radius 3 is 2.60 bits per heavy atom. The lowest BCUT2D eigenvalue weighted by Gasteiger charge is -2.16. The highest BCUT2D eigenvalue weighted by atomic mass is 32.1. The van der Waals surface area contributed by atoms with E-state index in [1.54, 1.807) is 11.0 Å². The van der Waals surface area contributed by atoms with Crippen LogP contribution in [0.4, 0.5) is 5.69 Å². The number of ether oxygens (including phenoxy) is 1. The number of carbonyl (C=O) groups excluding carboxylic acids is 4. The molecule has 2 amide bonds. The summed E-state index contributed by atoms with van der Waals surface area (Å²) in [5, 5.41) is 2.71. The highest BCUT2D eigenvalue weighted by Gasteiger charge is 2.36. The van der Waals surface area contributed by atoms with E-state index in [1.165, 1.54) is 18.3 Å². The van der Waals surface area contributed by atoms with Gasteiger partial charge in [-0.15, -0.1) is 11.3 Å². The standard InChI is InChI=1S/C22H24N2O5S/c1-14-3-5-17(6-4-14)24-12-16(11-21(24)27)22(28)29-13-19(26)20-8-7-18(30-20)9-10-23-15(2)25/h3-8,16H,9-13H2,1-2H3,(H,23,25). The molecule has 1 saturated heterocycles. The van der Waals surface area contributed by atoms with Crippen LogP contribution in [0.2, 0.25) is 0 Å². The molecule has 8 heteroatoms. The molecule has 0 radical (unpaired) electrons. The number of anilines is 1. The van der Waals surface area contributed by atoms with Crippen LogP contribution < -0.4 is 10.2 Å². The molecule has 30 heavy (non-hydrogen) atoms. The van der Waals surface area contributed by atoms with Crippen LogP contribution in [0.3, 0.4) is 0 Å². The number of carbonyl (C=O) groups is 4. The molecule has 0 spiro atoms. The largest absolute Gasteiger partial charge is 0.457 e. The van der Waals surface area contributed by atoms with Gasteiger partial charge in [-0.2, -0.15) is 0 Å². The van der Waals surface area contributed by atoms with E-state index in [4.69, 9.17) is 4.74 Å². The third-order valence-electron chi connectivity index (χ3n) is 4.83. The number of aryl methyl sites for hydroxylation is 1. The summed E-state index contributed by atoms with van der Waals surface area (Å²) in [5.41, 5.74) is 1.84. The van der Waals surface area contributed by atoms with E-state index in [1.807, 2.05) is 37.3 Å². The molecular formula is C22H24N2O5S. The first kappa shape index (κ1) is 21.7. The predicted octanol–water partition coefficient (Wildman–Crippen LogP) is 2.51. The molecule has 2 aromatic rings. The number of hydrogen-bond donors (Lipinski definition) is 1. The lowest BCUT2D eigenvalue weighted by molar-refractivity contribution is -0.147. The van der Waals surface area contributed by atoms with Crippen LogP contribution in [0, 0.1) is 12.8 Å². The van der Waals surface area contributed by atoms with Crippen LogP contribution in [0.5, 0.6) is 0 Å². The Labute approximate surface area is 179 Å². The average Bonchev–Trinajstić information content (AvgIpc) is 3.33. The SMILES string of the molecule is CC(=O)NCCc1ccc(C(=O)COC(=O)C2CC(=O)N(c3ccc(C)cc3)C2)s1. The monoisotopic (exact) mass is 428 g/mol. The smallest absolute Gasteiger partial charge is 0.311 e. The number of Topliss-reactive ketones (excluding diaryl/α,β-unsaturated/α-hetero) is 1. The number of nitrogens with zero attached hydrogens (tertiary/aromatic N) is 1. The summed E-state index contributed by atoms with van der Waals surface area (Å²) in [6.07, 6.45) is 0.712. The van der Waals surface area contributed by atoms with Gasteiger partial charge in [-0.25, -0.2) is 0 Å². The van der Waals surface area contributed by atoms with Gasteiger partial charge in [0.05, 0.1) is 10.8 Å².